The van der Waals surface area contributed by atoms with Crippen molar-refractivity contribution in [1.82, 2.24) is 4.72 Å². The number of thiocarbonyl (C=S) groups is 1. The van der Waals surface area contributed by atoms with Crippen LogP contribution in [0.1, 0.15) is 37.7 Å². The fourth-order valence-electron chi connectivity index (χ4n) is 2.64. The first-order chi connectivity index (χ1) is 9.90. The van der Waals surface area contributed by atoms with E-state index in [0.717, 1.165) is 12.5 Å². The molecule has 21 heavy (non-hydrogen) atoms. The van der Waals surface area contributed by atoms with Crippen LogP contribution in [0.2, 0.25) is 0 Å². The van der Waals surface area contributed by atoms with Gasteiger partial charge in [0.2, 0.25) is 10.0 Å². The van der Waals surface area contributed by atoms with Gasteiger partial charge in [-0.2, -0.15) is 0 Å². The average molecular weight is 330 g/mol. The van der Waals surface area contributed by atoms with E-state index in [-0.39, 0.29) is 15.4 Å². The SMILES string of the molecule is NC(=S)c1cc(S(=O)(=O)NCCC2CCCC2)ccc1F. The molecule has 0 spiro atoms. The fraction of sp³-hybridized carbons (Fsp3) is 0.500. The highest BCUT2D eigenvalue weighted by molar-refractivity contribution is 7.89. The predicted molar refractivity (Wildman–Crippen MR) is 84.1 cm³/mol. The van der Waals surface area contributed by atoms with E-state index >= 15 is 0 Å². The van der Waals surface area contributed by atoms with Gasteiger partial charge in [-0.1, -0.05) is 37.9 Å². The van der Waals surface area contributed by atoms with Crippen molar-refractivity contribution >= 4 is 27.2 Å². The predicted octanol–water partition coefficient (Wildman–Crippen LogP) is 2.32. The molecule has 1 aliphatic carbocycles. The van der Waals surface area contributed by atoms with Gasteiger partial charge in [-0.3, -0.25) is 0 Å². The summed E-state index contributed by atoms with van der Waals surface area (Å²) < 4.78 is 40.4. The van der Waals surface area contributed by atoms with Gasteiger partial charge in [-0.05, 0) is 30.5 Å². The van der Waals surface area contributed by atoms with E-state index < -0.39 is 15.8 Å². The molecule has 1 fully saturated rings. The molecule has 116 valence electrons. The van der Waals surface area contributed by atoms with Gasteiger partial charge >= 0.3 is 0 Å². The highest BCUT2D eigenvalue weighted by Gasteiger charge is 2.19. The molecule has 0 aromatic heterocycles. The molecule has 3 N–H and O–H groups in total. The quantitative estimate of drug-likeness (QED) is 0.785. The van der Waals surface area contributed by atoms with Crippen molar-refractivity contribution in [3.05, 3.63) is 29.6 Å². The summed E-state index contributed by atoms with van der Waals surface area (Å²) in [6.45, 7) is 0.396. The first-order valence-corrected chi connectivity index (χ1v) is 8.88. The van der Waals surface area contributed by atoms with Crippen LogP contribution in [0.4, 0.5) is 4.39 Å². The highest BCUT2D eigenvalue weighted by atomic mass is 32.2. The second-order valence-electron chi connectivity index (χ2n) is 5.34. The standard InChI is InChI=1S/C14H19FN2O2S2/c15-13-6-5-11(9-12(13)14(16)20)21(18,19)17-8-7-10-3-1-2-4-10/h5-6,9-10,17H,1-4,7-8H2,(H2,16,20). The normalized spacial score (nSPS) is 16.2. The lowest BCUT2D eigenvalue weighted by Gasteiger charge is -2.11. The lowest BCUT2D eigenvalue weighted by atomic mass is 10.1. The van der Waals surface area contributed by atoms with E-state index in [9.17, 15) is 12.8 Å². The van der Waals surface area contributed by atoms with Crippen LogP contribution < -0.4 is 10.5 Å². The van der Waals surface area contributed by atoms with Crippen molar-refractivity contribution in [3.8, 4) is 0 Å². The molecule has 0 bridgehead atoms. The third kappa shape index (κ3) is 4.21. The van der Waals surface area contributed by atoms with E-state index in [0.29, 0.717) is 12.5 Å². The largest absolute Gasteiger partial charge is 0.389 e. The van der Waals surface area contributed by atoms with Gasteiger partial charge < -0.3 is 5.73 Å². The Labute approximate surface area is 130 Å². The van der Waals surface area contributed by atoms with E-state index in [2.05, 4.69) is 4.72 Å². The molecule has 0 atom stereocenters. The molecular formula is C14H19FN2O2S2. The summed E-state index contributed by atoms with van der Waals surface area (Å²) in [5.41, 5.74) is 5.33. The molecular weight excluding hydrogens is 311 g/mol. The Morgan fingerprint density at radius 1 is 1.38 bits per heavy atom. The zero-order valence-corrected chi connectivity index (χ0v) is 13.3. The summed E-state index contributed by atoms with van der Waals surface area (Å²) in [6, 6.07) is 3.46. The van der Waals surface area contributed by atoms with E-state index in [1.165, 1.54) is 37.8 Å². The van der Waals surface area contributed by atoms with Crippen molar-refractivity contribution in [2.75, 3.05) is 6.54 Å². The topological polar surface area (TPSA) is 72.2 Å². The highest BCUT2D eigenvalue weighted by Crippen LogP contribution is 2.27. The van der Waals surface area contributed by atoms with E-state index in [1.807, 2.05) is 0 Å². The Balaban J connectivity index is 2.04. The molecule has 1 aliphatic rings. The minimum absolute atomic E-state index is 0.0156. The molecule has 0 saturated heterocycles. The molecule has 0 heterocycles. The molecule has 0 aliphatic heterocycles. The summed E-state index contributed by atoms with van der Waals surface area (Å²) in [6.07, 6.45) is 5.63. The molecule has 0 amide bonds. The second kappa shape index (κ2) is 6.81. The average Bonchev–Trinajstić information content (AvgIpc) is 2.91. The molecule has 1 aromatic rings. The Kier molecular flexibility index (Phi) is 5.29. The second-order valence-corrected chi connectivity index (χ2v) is 7.55. The maximum atomic E-state index is 13.5. The summed E-state index contributed by atoms with van der Waals surface area (Å²) in [5.74, 6) is -0.0134. The number of nitrogens with one attached hydrogen (secondary N) is 1. The van der Waals surface area contributed by atoms with E-state index in [4.69, 9.17) is 18.0 Å². The number of rotatable bonds is 6. The lowest BCUT2D eigenvalue weighted by molar-refractivity contribution is 0.495. The van der Waals surface area contributed by atoms with Crippen LogP contribution in [0.5, 0.6) is 0 Å². The molecule has 1 saturated carbocycles. The Morgan fingerprint density at radius 3 is 2.67 bits per heavy atom. The maximum absolute atomic E-state index is 13.5. The van der Waals surface area contributed by atoms with Crippen LogP contribution in [0, 0.1) is 11.7 Å². The minimum atomic E-state index is -3.66. The van der Waals surface area contributed by atoms with Crippen LogP contribution in [0.15, 0.2) is 23.1 Å². The van der Waals surface area contributed by atoms with Crippen molar-refractivity contribution < 1.29 is 12.8 Å². The van der Waals surface area contributed by atoms with Crippen LogP contribution >= 0.6 is 12.2 Å². The van der Waals surface area contributed by atoms with Gasteiger partial charge in [0.15, 0.2) is 0 Å². The molecule has 7 heteroatoms. The van der Waals surface area contributed by atoms with Gasteiger partial charge in [0, 0.05) is 12.1 Å². The molecule has 0 radical (unpaired) electrons. The molecule has 2 rings (SSSR count). The minimum Gasteiger partial charge on any atom is -0.389 e. The smallest absolute Gasteiger partial charge is 0.240 e. The Bertz CT molecular complexity index is 626. The number of halogens is 1. The number of benzene rings is 1. The monoisotopic (exact) mass is 330 g/mol. The van der Waals surface area contributed by atoms with Gasteiger partial charge in [-0.25, -0.2) is 17.5 Å². The molecule has 4 nitrogen and oxygen atoms in total. The Morgan fingerprint density at radius 2 is 2.05 bits per heavy atom. The van der Waals surface area contributed by atoms with Crippen molar-refractivity contribution in [2.45, 2.75) is 37.0 Å². The number of hydrogen-bond donors (Lipinski definition) is 2. The number of sulfonamides is 1. The maximum Gasteiger partial charge on any atom is 0.240 e. The summed E-state index contributed by atoms with van der Waals surface area (Å²) in [4.78, 5) is -0.173. The van der Waals surface area contributed by atoms with Crippen molar-refractivity contribution in [3.63, 3.8) is 0 Å². The van der Waals surface area contributed by atoms with Crippen LogP contribution in [0.3, 0.4) is 0 Å². The summed E-state index contributed by atoms with van der Waals surface area (Å²) in [7, 11) is -3.66. The first-order valence-electron chi connectivity index (χ1n) is 6.99. The van der Waals surface area contributed by atoms with Crippen molar-refractivity contribution in [2.24, 2.45) is 11.7 Å². The first kappa shape index (κ1) is 16.3. The third-order valence-electron chi connectivity index (χ3n) is 3.83. The molecule has 1 aromatic carbocycles. The van der Waals surface area contributed by atoms with Crippen molar-refractivity contribution in [1.29, 1.82) is 0 Å². The Hall–Kier alpha value is -1.05. The third-order valence-corrected chi connectivity index (χ3v) is 5.51. The van der Waals surface area contributed by atoms with Gasteiger partial charge in [0.05, 0.1) is 4.90 Å². The van der Waals surface area contributed by atoms with Gasteiger partial charge in [-0.15, -0.1) is 0 Å². The van der Waals surface area contributed by atoms with Crippen LogP contribution in [0.25, 0.3) is 0 Å². The van der Waals surface area contributed by atoms with Crippen LogP contribution in [-0.2, 0) is 10.0 Å². The molecule has 0 unspecified atom stereocenters. The van der Waals surface area contributed by atoms with Gasteiger partial charge in [0.1, 0.15) is 10.8 Å². The fourth-order valence-corrected chi connectivity index (χ4v) is 3.87. The van der Waals surface area contributed by atoms with Crippen LogP contribution in [-0.4, -0.2) is 20.0 Å². The zero-order chi connectivity index (χ0) is 15.5. The lowest BCUT2D eigenvalue weighted by Crippen LogP contribution is -2.26. The summed E-state index contributed by atoms with van der Waals surface area (Å²) in [5, 5.41) is 0. The van der Waals surface area contributed by atoms with E-state index in [1.54, 1.807) is 0 Å². The zero-order valence-electron chi connectivity index (χ0n) is 11.6. The number of hydrogen-bond acceptors (Lipinski definition) is 3. The van der Waals surface area contributed by atoms with Gasteiger partial charge in [0.25, 0.3) is 0 Å². The summed E-state index contributed by atoms with van der Waals surface area (Å²) >= 11 is 4.71. The number of nitrogens with two attached hydrogens (primary N) is 1.